The first-order valence-electron chi connectivity index (χ1n) is 13.8. The normalized spacial score (nSPS) is 15.1. The first kappa shape index (κ1) is 29.9. The molecular weight excluding hydrogens is 520 g/mol. The minimum atomic E-state index is -0.904. The number of carbonyl (C=O) groups excluding carboxylic acids is 1. The van der Waals surface area contributed by atoms with Gasteiger partial charge in [-0.25, -0.2) is 9.78 Å². The summed E-state index contributed by atoms with van der Waals surface area (Å²) in [5.74, 6) is 1.53. The number of imidazole rings is 1. The highest BCUT2D eigenvalue weighted by Gasteiger charge is 2.17. The summed E-state index contributed by atoms with van der Waals surface area (Å²) in [5.41, 5.74) is 3.83. The lowest BCUT2D eigenvalue weighted by Gasteiger charge is -2.31. The zero-order valence-corrected chi connectivity index (χ0v) is 24.0. The van der Waals surface area contributed by atoms with Crippen molar-refractivity contribution < 1.29 is 24.2 Å². The predicted molar refractivity (Wildman–Crippen MR) is 159 cm³/mol. The van der Waals surface area contributed by atoms with E-state index in [-0.39, 0.29) is 0 Å². The van der Waals surface area contributed by atoms with Gasteiger partial charge in [-0.1, -0.05) is 29.8 Å². The molecule has 41 heavy (non-hydrogen) atoms. The third-order valence-electron chi connectivity index (χ3n) is 7.01. The van der Waals surface area contributed by atoms with Crippen LogP contribution in [0.5, 0.6) is 11.5 Å². The molecular formula is C32H38N4O5. The maximum atomic E-state index is 11.1. The highest BCUT2D eigenvalue weighted by atomic mass is 16.5. The number of benzene rings is 3. The Morgan fingerprint density at radius 3 is 2.27 bits per heavy atom. The van der Waals surface area contributed by atoms with E-state index in [4.69, 9.17) is 14.6 Å². The maximum absolute atomic E-state index is 11.1. The Bertz CT molecular complexity index is 1430. The number of fused-ring (bicyclic) bond motifs is 1. The molecule has 0 aliphatic carbocycles. The van der Waals surface area contributed by atoms with Gasteiger partial charge in [0.1, 0.15) is 23.6 Å². The third kappa shape index (κ3) is 8.72. The fourth-order valence-corrected chi connectivity index (χ4v) is 4.26. The van der Waals surface area contributed by atoms with Gasteiger partial charge < -0.3 is 24.0 Å². The first-order chi connectivity index (χ1) is 19.8. The van der Waals surface area contributed by atoms with Crippen molar-refractivity contribution in [1.29, 1.82) is 0 Å². The summed E-state index contributed by atoms with van der Waals surface area (Å²) in [6, 6.07) is 20.0. The van der Waals surface area contributed by atoms with Crippen LogP contribution in [-0.2, 0) is 18.3 Å². The molecule has 2 aliphatic rings. The van der Waals surface area contributed by atoms with E-state index in [1.807, 2.05) is 48.9 Å². The van der Waals surface area contributed by atoms with Crippen LogP contribution in [-0.4, -0.2) is 83.2 Å². The molecule has 3 aromatic carbocycles. The molecule has 0 unspecified atom stereocenters. The smallest absolute Gasteiger partial charge is 0.335 e. The van der Waals surface area contributed by atoms with Crippen molar-refractivity contribution in [2.75, 3.05) is 46.4 Å². The molecule has 4 aromatic rings. The number of carbonyl (C=O) groups is 2. The lowest BCUT2D eigenvalue weighted by molar-refractivity contribution is 0.0367. The number of hydrogen-bond donors (Lipinski definition) is 1. The fraction of sp³-hybridized carbons (Fsp3) is 0.344. The average Bonchev–Trinajstić information content (AvgIpc) is 3.25. The number of aromatic carboxylic acids is 1. The number of carboxylic acid groups (broad SMARTS) is 1. The molecule has 1 N–H and O–H groups in total. The van der Waals surface area contributed by atoms with Gasteiger partial charge in [-0.3, -0.25) is 9.69 Å². The Balaban J connectivity index is 0.000000171. The number of nitrogens with zero attached hydrogens (tertiary/aromatic N) is 4. The van der Waals surface area contributed by atoms with Crippen molar-refractivity contribution >= 4 is 23.3 Å². The lowest BCUT2D eigenvalue weighted by Crippen LogP contribution is -2.44. The molecule has 0 amide bonds. The standard InChI is InChI=1S/C15H20N4O2.C14H12O2.C3H6O/c1-17-5-7-19(8-6-17)10-14-16-12-4-3-11(15(20)21)9-13(12)18(14)2;1-11-5-7-13(8-6-11)16-14-4-2-3-12(9-14)10-15;1-2-4-3-1/h3-4,9H,5-8,10H2,1-2H3,(H,20,21);2-10H,1H3;1-3H2. The second kappa shape index (κ2) is 14.5. The number of aldehydes is 1. The summed E-state index contributed by atoms with van der Waals surface area (Å²) >= 11 is 0. The van der Waals surface area contributed by atoms with E-state index in [0.29, 0.717) is 16.9 Å². The average molecular weight is 559 g/mol. The van der Waals surface area contributed by atoms with Gasteiger partial charge in [0, 0.05) is 52.0 Å². The number of piperazine rings is 1. The molecule has 0 radical (unpaired) electrons. The van der Waals surface area contributed by atoms with Gasteiger partial charge in [0.2, 0.25) is 0 Å². The summed E-state index contributed by atoms with van der Waals surface area (Å²) in [7, 11) is 4.09. The van der Waals surface area contributed by atoms with E-state index in [2.05, 4.69) is 21.8 Å². The Hall–Kier alpha value is -4.05. The number of likely N-dealkylation sites (N-methyl/N-ethyl adjacent to an activating group) is 1. The molecule has 0 atom stereocenters. The highest BCUT2D eigenvalue weighted by Crippen LogP contribution is 2.22. The minimum Gasteiger partial charge on any atom is -0.478 e. The van der Waals surface area contributed by atoms with Crippen molar-refractivity contribution in [3.63, 3.8) is 0 Å². The predicted octanol–water partition coefficient (Wildman–Crippen LogP) is 5.03. The van der Waals surface area contributed by atoms with E-state index in [1.165, 1.54) is 12.0 Å². The lowest BCUT2D eigenvalue weighted by atomic mass is 10.2. The Labute approximate surface area is 240 Å². The van der Waals surface area contributed by atoms with Crippen LogP contribution in [0.1, 0.15) is 38.5 Å². The minimum absolute atomic E-state index is 0.302. The van der Waals surface area contributed by atoms with Gasteiger partial charge in [0.25, 0.3) is 0 Å². The number of aryl methyl sites for hydroxylation is 2. The van der Waals surface area contributed by atoms with Crippen LogP contribution in [0.3, 0.4) is 0 Å². The van der Waals surface area contributed by atoms with Crippen LogP contribution in [0, 0.1) is 6.92 Å². The number of aromatic nitrogens is 2. The molecule has 0 bridgehead atoms. The molecule has 2 aliphatic heterocycles. The molecule has 1 aromatic heterocycles. The summed E-state index contributed by atoms with van der Waals surface area (Å²) in [6.45, 7) is 9.07. The summed E-state index contributed by atoms with van der Waals surface area (Å²) in [5, 5.41) is 9.09. The summed E-state index contributed by atoms with van der Waals surface area (Å²) in [6.07, 6.45) is 2.09. The van der Waals surface area contributed by atoms with Crippen molar-refractivity contribution in [2.45, 2.75) is 19.9 Å². The monoisotopic (exact) mass is 558 g/mol. The molecule has 3 heterocycles. The molecule has 2 fully saturated rings. The second-order valence-corrected chi connectivity index (χ2v) is 10.2. The zero-order chi connectivity index (χ0) is 29.2. The summed E-state index contributed by atoms with van der Waals surface area (Å²) in [4.78, 5) is 31.0. The number of carboxylic acids is 1. The van der Waals surface area contributed by atoms with Gasteiger partial charge in [0.05, 0.1) is 23.1 Å². The SMILES string of the molecule is C1COC1.CN1CCN(Cc2nc3ccc(C(=O)O)cc3n2C)CC1.Cc1ccc(Oc2cccc(C=O)c2)cc1. The van der Waals surface area contributed by atoms with Gasteiger partial charge in [-0.05, 0) is 62.9 Å². The zero-order valence-electron chi connectivity index (χ0n) is 24.0. The van der Waals surface area contributed by atoms with Crippen LogP contribution < -0.4 is 4.74 Å². The molecule has 9 heteroatoms. The quantitative estimate of drug-likeness (QED) is 0.330. The second-order valence-electron chi connectivity index (χ2n) is 10.2. The molecule has 9 nitrogen and oxygen atoms in total. The van der Waals surface area contributed by atoms with Crippen LogP contribution in [0.4, 0.5) is 0 Å². The van der Waals surface area contributed by atoms with E-state index in [0.717, 1.165) is 74.8 Å². The van der Waals surface area contributed by atoms with Crippen molar-refractivity contribution in [2.24, 2.45) is 7.05 Å². The van der Waals surface area contributed by atoms with E-state index >= 15 is 0 Å². The van der Waals surface area contributed by atoms with Crippen LogP contribution in [0.25, 0.3) is 11.0 Å². The van der Waals surface area contributed by atoms with Crippen LogP contribution in [0.2, 0.25) is 0 Å². The first-order valence-corrected chi connectivity index (χ1v) is 13.8. The van der Waals surface area contributed by atoms with Gasteiger partial charge >= 0.3 is 5.97 Å². The molecule has 6 rings (SSSR count). The van der Waals surface area contributed by atoms with Crippen molar-refractivity contribution in [1.82, 2.24) is 19.4 Å². The largest absolute Gasteiger partial charge is 0.478 e. The van der Waals surface area contributed by atoms with Crippen molar-refractivity contribution in [3.8, 4) is 11.5 Å². The molecule has 2 saturated heterocycles. The molecule has 0 saturated carbocycles. The Morgan fingerprint density at radius 2 is 1.66 bits per heavy atom. The van der Waals surface area contributed by atoms with Gasteiger partial charge in [0.15, 0.2) is 0 Å². The van der Waals surface area contributed by atoms with E-state index in [1.54, 1.807) is 36.4 Å². The maximum Gasteiger partial charge on any atom is 0.335 e. The van der Waals surface area contributed by atoms with Gasteiger partial charge in [-0.2, -0.15) is 0 Å². The fourth-order valence-electron chi connectivity index (χ4n) is 4.26. The molecule has 0 spiro atoms. The number of hydrogen-bond acceptors (Lipinski definition) is 7. The number of rotatable bonds is 6. The van der Waals surface area contributed by atoms with E-state index in [9.17, 15) is 9.59 Å². The van der Waals surface area contributed by atoms with Gasteiger partial charge in [-0.15, -0.1) is 0 Å². The Kier molecular flexibility index (Phi) is 10.6. The van der Waals surface area contributed by atoms with Crippen LogP contribution >= 0.6 is 0 Å². The third-order valence-corrected chi connectivity index (χ3v) is 7.01. The summed E-state index contributed by atoms with van der Waals surface area (Å²) < 4.78 is 12.3. The van der Waals surface area contributed by atoms with Crippen molar-refractivity contribution in [3.05, 3.63) is 89.2 Å². The topological polar surface area (TPSA) is 97.1 Å². The molecule has 216 valence electrons. The highest BCUT2D eigenvalue weighted by molar-refractivity contribution is 5.92. The van der Waals surface area contributed by atoms with E-state index < -0.39 is 5.97 Å². The van der Waals surface area contributed by atoms with Crippen LogP contribution in [0.15, 0.2) is 66.7 Å². The number of ether oxygens (including phenoxy) is 2. The Morgan fingerprint density at radius 1 is 0.976 bits per heavy atom.